The van der Waals surface area contributed by atoms with Crippen molar-refractivity contribution in [2.75, 3.05) is 0 Å². The van der Waals surface area contributed by atoms with Gasteiger partial charge in [-0.3, -0.25) is 0 Å². The van der Waals surface area contributed by atoms with Gasteiger partial charge in [0.1, 0.15) is 0 Å². The molecule has 0 N–H and O–H groups in total. The van der Waals surface area contributed by atoms with E-state index in [4.69, 9.17) is 0 Å². The Hall–Kier alpha value is -1.30. The molecule has 68 valence electrons. The van der Waals surface area contributed by atoms with Crippen LogP contribution in [0.25, 0.3) is 6.08 Å². The van der Waals surface area contributed by atoms with Crippen molar-refractivity contribution in [3.05, 3.63) is 53.6 Å². The lowest BCUT2D eigenvalue weighted by Crippen LogP contribution is -1.72. The van der Waals surface area contributed by atoms with Crippen molar-refractivity contribution in [3.63, 3.8) is 0 Å². The van der Waals surface area contributed by atoms with Crippen molar-refractivity contribution in [1.29, 1.82) is 0 Å². The molecule has 13 heavy (non-hydrogen) atoms. The average Bonchev–Trinajstić information content (AvgIpc) is 2.15. The van der Waals surface area contributed by atoms with Crippen molar-refractivity contribution >= 4 is 6.08 Å². The van der Waals surface area contributed by atoms with E-state index >= 15 is 0 Å². The lowest BCUT2D eigenvalue weighted by atomic mass is 10.1. The van der Waals surface area contributed by atoms with Crippen LogP contribution in [0.2, 0.25) is 0 Å². The van der Waals surface area contributed by atoms with E-state index in [0.29, 0.717) is 0 Å². The predicted molar refractivity (Wildman–Crippen MR) is 59.6 cm³/mol. The molecular formula is C13H16. The lowest BCUT2D eigenvalue weighted by molar-refractivity contribution is 1.22. The van der Waals surface area contributed by atoms with Crippen LogP contribution in [0.4, 0.5) is 0 Å². The maximum Gasteiger partial charge on any atom is -0.0256 e. The van der Waals surface area contributed by atoms with Gasteiger partial charge < -0.3 is 0 Å². The monoisotopic (exact) mass is 172 g/mol. The van der Waals surface area contributed by atoms with Gasteiger partial charge in [-0.2, -0.15) is 0 Å². The fourth-order valence-corrected chi connectivity index (χ4v) is 1.06. The zero-order chi connectivity index (χ0) is 9.52. The van der Waals surface area contributed by atoms with Gasteiger partial charge in [-0.15, -0.1) is 0 Å². The molecule has 0 bridgehead atoms. The molecule has 0 saturated carbocycles. The van der Waals surface area contributed by atoms with Crippen LogP contribution in [0, 0.1) is 6.92 Å². The first-order chi connectivity index (χ1) is 6.33. The Bertz CT molecular complexity index is 288. The van der Waals surface area contributed by atoms with E-state index in [1.165, 1.54) is 11.1 Å². The third-order valence-electron chi connectivity index (χ3n) is 1.85. The normalized spacial score (nSPS) is 11.5. The van der Waals surface area contributed by atoms with Gasteiger partial charge >= 0.3 is 0 Å². The van der Waals surface area contributed by atoms with Gasteiger partial charge in [0.15, 0.2) is 0 Å². The second kappa shape index (κ2) is 5.36. The van der Waals surface area contributed by atoms with E-state index in [0.717, 1.165) is 6.42 Å². The van der Waals surface area contributed by atoms with E-state index in [9.17, 15) is 0 Å². The minimum atomic E-state index is 1.10. The predicted octanol–water partition coefficient (Wildman–Crippen LogP) is 3.97. The van der Waals surface area contributed by atoms with E-state index in [1.807, 2.05) is 0 Å². The molecule has 0 aliphatic rings. The Morgan fingerprint density at radius 1 is 1.08 bits per heavy atom. The van der Waals surface area contributed by atoms with Crippen molar-refractivity contribution in [1.82, 2.24) is 0 Å². The van der Waals surface area contributed by atoms with Crippen LogP contribution in [0.3, 0.4) is 0 Å². The van der Waals surface area contributed by atoms with E-state index in [-0.39, 0.29) is 0 Å². The summed E-state index contributed by atoms with van der Waals surface area (Å²) >= 11 is 0. The number of aryl methyl sites for hydroxylation is 1. The molecule has 0 atom stereocenters. The van der Waals surface area contributed by atoms with Crippen LogP contribution >= 0.6 is 0 Å². The topological polar surface area (TPSA) is 0 Å². The van der Waals surface area contributed by atoms with Crippen molar-refractivity contribution < 1.29 is 0 Å². The molecule has 0 spiro atoms. The van der Waals surface area contributed by atoms with Crippen molar-refractivity contribution in [2.45, 2.75) is 20.3 Å². The fraction of sp³-hybridized carbons (Fsp3) is 0.231. The second-order valence-corrected chi connectivity index (χ2v) is 3.11. The van der Waals surface area contributed by atoms with Gasteiger partial charge in [0.2, 0.25) is 0 Å². The molecule has 1 aromatic rings. The van der Waals surface area contributed by atoms with Crippen LogP contribution in [-0.2, 0) is 0 Å². The standard InChI is InChI=1S/C13H16/c1-3-4-5-6-7-13-10-8-12(2)9-11-13/h4-11H,3H2,1-2H3. The van der Waals surface area contributed by atoms with Crippen LogP contribution in [0.5, 0.6) is 0 Å². The van der Waals surface area contributed by atoms with Gasteiger partial charge in [-0.1, -0.05) is 61.1 Å². The van der Waals surface area contributed by atoms with E-state index < -0.39 is 0 Å². The van der Waals surface area contributed by atoms with Gasteiger partial charge in [-0.05, 0) is 18.9 Å². The minimum Gasteiger partial charge on any atom is -0.0848 e. The quantitative estimate of drug-likeness (QED) is 0.605. The van der Waals surface area contributed by atoms with Gasteiger partial charge in [0, 0.05) is 0 Å². The Kier molecular flexibility index (Phi) is 4.04. The number of allylic oxidation sites excluding steroid dienone is 3. The second-order valence-electron chi connectivity index (χ2n) is 3.11. The van der Waals surface area contributed by atoms with Crippen molar-refractivity contribution in [3.8, 4) is 0 Å². The number of hydrogen-bond acceptors (Lipinski definition) is 0. The van der Waals surface area contributed by atoms with Crippen molar-refractivity contribution in [2.24, 2.45) is 0 Å². The van der Waals surface area contributed by atoms with Crippen LogP contribution in [0.15, 0.2) is 42.5 Å². The molecule has 0 aliphatic heterocycles. The van der Waals surface area contributed by atoms with E-state index in [2.05, 4.69) is 62.4 Å². The Labute approximate surface area is 80.6 Å². The maximum atomic E-state index is 2.14. The molecule has 0 unspecified atom stereocenters. The van der Waals surface area contributed by atoms with Gasteiger partial charge in [-0.25, -0.2) is 0 Å². The van der Waals surface area contributed by atoms with Crippen LogP contribution < -0.4 is 0 Å². The summed E-state index contributed by atoms with van der Waals surface area (Å²) < 4.78 is 0. The first-order valence-corrected chi connectivity index (χ1v) is 4.73. The zero-order valence-corrected chi connectivity index (χ0v) is 8.33. The molecule has 1 aromatic carbocycles. The minimum absolute atomic E-state index is 1.10. The number of rotatable bonds is 3. The fourth-order valence-electron chi connectivity index (χ4n) is 1.06. The molecule has 0 aromatic heterocycles. The maximum absolute atomic E-state index is 2.14. The summed E-state index contributed by atoms with van der Waals surface area (Å²) in [6.45, 7) is 4.24. The molecule has 0 amide bonds. The average molecular weight is 172 g/mol. The molecular weight excluding hydrogens is 156 g/mol. The highest BCUT2D eigenvalue weighted by Gasteiger charge is 1.83. The molecule has 0 radical (unpaired) electrons. The first kappa shape index (κ1) is 9.79. The summed E-state index contributed by atoms with van der Waals surface area (Å²) in [5.74, 6) is 0. The summed E-state index contributed by atoms with van der Waals surface area (Å²) in [7, 11) is 0. The third-order valence-corrected chi connectivity index (χ3v) is 1.85. The molecule has 1 rings (SSSR count). The highest BCUT2D eigenvalue weighted by atomic mass is 13.9. The third kappa shape index (κ3) is 3.75. The summed E-state index contributed by atoms with van der Waals surface area (Å²) in [6, 6.07) is 8.52. The molecule has 0 heteroatoms. The van der Waals surface area contributed by atoms with Gasteiger partial charge in [0.25, 0.3) is 0 Å². The number of hydrogen-bond donors (Lipinski definition) is 0. The van der Waals surface area contributed by atoms with Gasteiger partial charge in [0.05, 0.1) is 0 Å². The smallest absolute Gasteiger partial charge is 0.0256 e. The van der Waals surface area contributed by atoms with Crippen LogP contribution in [0.1, 0.15) is 24.5 Å². The SMILES string of the molecule is CCC=CC=Cc1ccc(C)cc1. The number of benzene rings is 1. The Balaban J connectivity index is 2.59. The molecule has 0 heterocycles. The highest BCUT2D eigenvalue weighted by molar-refractivity contribution is 5.51. The van der Waals surface area contributed by atoms with E-state index in [1.54, 1.807) is 0 Å². The van der Waals surface area contributed by atoms with Crippen LogP contribution in [-0.4, -0.2) is 0 Å². The highest BCUT2D eigenvalue weighted by Crippen LogP contribution is 2.04. The molecule has 0 fully saturated rings. The largest absolute Gasteiger partial charge is 0.0848 e. The zero-order valence-electron chi connectivity index (χ0n) is 8.33. The lowest BCUT2D eigenvalue weighted by Gasteiger charge is -1.92. The summed E-state index contributed by atoms with van der Waals surface area (Å²) in [5, 5.41) is 0. The molecule has 0 nitrogen and oxygen atoms in total. The Morgan fingerprint density at radius 3 is 2.38 bits per heavy atom. The summed E-state index contributed by atoms with van der Waals surface area (Å²) in [4.78, 5) is 0. The summed E-state index contributed by atoms with van der Waals surface area (Å²) in [6.07, 6.45) is 9.52. The molecule has 0 saturated heterocycles. The Morgan fingerprint density at radius 2 is 1.77 bits per heavy atom. The summed E-state index contributed by atoms with van der Waals surface area (Å²) in [5.41, 5.74) is 2.56. The molecule has 0 aliphatic carbocycles. The first-order valence-electron chi connectivity index (χ1n) is 4.73.